The van der Waals surface area contributed by atoms with Gasteiger partial charge in [0.25, 0.3) is 0 Å². The van der Waals surface area contributed by atoms with Crippen LogP contribution in [-0.4, -0.2) is 0 Å². The molecule has 31 heavy (non-hydrogen) atoms. The molecule has 0 bridgehead atoms. The first kappa shape index (κ1) is 21.1. The Labute approximate surface area is 180 Å². The van der Waals surface area contributed by atoms with Crippen LogP contribution < -0.4 is 0 Å². The van der Waals surface area contributed by atoms with E-state index < -0.39 is 0 Å². The maximum absolute atomic E-state index is 8.42. The summed E-state index contributed by atoms with van der Waals surface area (Å²) in [5.41, 5.74) is 11.9. The number of azide groups is 1. The highest BCUT2D eigenvalue weighted by molar-refractivity contribution is 5.61. The van der Waals surface area contributed by atoms with Crippen LogP contribution in [0, 0.1) is 0 Å². The van der Waals surface area contributed by atoms with Gasteiger partial charge in [-0.15, -0.1) is 0 Å². The summed E-state index contributed by atoms with van der Waals surface area (Å²) in [4.78, 5) is 2.74. The second-order valence-electron chi connectivity index (χ2n) is 6.08. The summed E-state index contributed by atoms with van der Waals surface area (Å²) in [5, 5.41) is 19.9. The Morgan fingerprint density at radius 1 is 0.419 bits per heavy atom. The van der Waals surface area contributed by atoms with Gasteiger partial charge in [-0.1, -0.05) is 77.9 Å². The Kier molecular flexibility index (Phi) is 8.21. The molecule has 7 nitrogen and oxygen atoms in total. The predicted molar refractivity (Wildman–Crippen MR) is 123 cm³/mol. The quantitative estimate of drug-likeness (QED) is 0.180. The molecule has 0 aliphatic heterocycles. The summed E-state index contributed by atoms with van der Waals surface area (Å²) in [6, 6.07) is 35.8. The Bertz CT molecular complexity index is 1130. The maximum atomic E-state index is 8.42. The molecule has 7 heteroatoms. The zero-order valence-corrected chi connectivity index (χ0v) is 16.6. The van der Waals surface area contributed by atoms with Gasteiger partial charge >= 0.3 is 0 Å². The molecular weight excluding hydrogens is 386 g/mol. The highest BCUT2D eigenvalue weighted by Crippen LogP contribution is 2.29. The van der Waals surface area contributed by atoms with Crippen LogP contribution in [0.3, 0.4) is 0 Å². The highest BCUT2D eigenvalue weighted by atomic mass is 15.2. The number of benzene rings is 4. The van der Waals surface area contributed by atoms with Crippen molar-refractivity contribution in [1.29, 1.82) is 0 Å². The van der Waals surface area contributed by atoms with Crippen LogP contribution in [0.1, 0.15) is 0 Å². The average Bonchev–Trinajstić information content (AvgIpc) is 2.85. The maximum Gasteiger partial charge on any atom is 0.0952 e. The zero-order valence-electron chi connectivity index (χ0n) is 16.6. The van der Waals surface area contributed by atoms with Crippen LogP contribution in [0.5, 0.6) is 0 Å². The van der Waals surface area contributed by atoms with Crippen molar-refractivity contribution in [2.45, 2.75) is 0 Å². The van der Waals surface area contributed by atoms with Gasteiger partial charge in [-0.2, -0.15) is 20.5 Å². The highest BCUT2D eigenvalue weighted by Gasteiger charge is 1.97. The summed E-state index contributed by atoms with van der Waals surface area (Å²) >= 11 is 0. The SMILES string of the molecule is [N-]=[N+]=Nc1ccccc1N=Nc1ccccc1.c1ccc(N=Nc2ccccc2)cc1. The first-order valence-corrected chi connectivity index (χ1v) is 9.48. The second kappa shape index (κ2) is 12.1. The van der Waals surface area contributed by atoms with Crippen molar-refractivity contribution in [2.75, 3.05) is 0 Å². The average molecular weight is 405 g/mol. The lowest BCUT2D eigenvalue weighted by molar-refractivity contribution is 1.22. The molecule has 4 rings (SSSR count). The number of rotatable bonds is 5. The van der Waals surface area contributed by atoms with Crippen LogP contribution in [0.2, 0.25) is 0 Å². The van der Waals surface area contributed by atoms with Gasteiger partial charge in [0, 0.05) is 4.91 Å². The van der Waals surface area contributed by atoms with Crippen LogP contribution in [0.4, 0.5) is 28.4 Å². The van der Waals surface area contributed by atoms with Gasteiger partial charge in [-0.25, -0.2) is 0 Å². The Balaban J connectivity index is 0.000000179. The van der Waals surface area contributed by atoms with Gasteiger partial charge in [-0.05, 0) is 48.0 Å². The van der Waals surface area contributed by atoms with Gasteiger partial charge in [-0.3, -0.25) is 0 Å². The summed E-state index contributed by atoms with van der Waals surface area (Å²) in [6.07, 6.45) is 0. The van der Waals surface area contributed by atoms with Gasteiger partial charge in [0.05, 0.1) is 28.4 Å². The largest absolute Gasteiger partial charge is 0.151 e. The van der Waals surface area contributed by atoms with Crippen LogP contribution in [-0.2, 0) is 0 Å². The lowest BCUT2D eigenvalue weighted by atomic mass is 10.3. The van der Waals surface area contributed by atoms with E-state index >= 15 is 0 Å². The molecule has 0 aromatic heterocycles. The minimum Gasteiger partial charge on any atom is -0.151 e. The van der Waals surface area contributed by atoms with Crippen LogP contribution >= 0.6 is 0 Å². The van der Waals surface area contributed by atoms with Gasteiger partial charge in [0.2, 0.25) is 0 Å². The molecule has 4 aromatic rings. The van der Waals surface area contributed by atoms with Crippen molar-refractivity contribution in [1.82, 2.24) is 0 Å². The Morgan fingerprint density at radius 3 is 1.19 bits per heavy atom. The van der Waals surface area contributed by atoms with Crippen molar-refractivity contribution in [3.05, 3.63) is 126 Å². The van der Waals surface area contributed by atoms with Crippen LogP contribution in [0.25, 0.3) is 10.4 Å². The van der Waals surface area contributed by atoms with E-state index in [9.17, 15) is 0 Å². The van der Waals surface area contributed by atoms with Gasteiger partial charge in [0.1, 0.15) is 0 Å². The van der Waals surface area contributed by atoms with Crippen molar-refractivity contribution in [3.8, 4) is 0 Å². The standard InChI is InChI=1S/C12H9N5.C12H10N2/c13-17-16-12-9-5-4-8-11(12)15-14-10-6-2-1-3-7-10;1-3-7-11(8-4-1)13-14-12-9-5-2-6-10-12/h1-9H;1-10H. The fourth-order valence-corrected chi connectivity index (χ4v) is 2.39. The van der Waals surface area contributed by atoms with E-state index in [0.717, 1.165) is 17.1 Å². The lowest BCUT2D eigenvalue weighted by Crippen LogP contribution is -1.66. The second-order valence-corrected chi connectivity index (χ2v) is 6.08. The van der Waals surface area contributed by atoms with Crippen molar-refractivity contribution in [3.63, 3.8) is 0 Å². The normalized spacial score (nSPS) is 10.3. The molecule has 0 aliphatic carbocycles. The summed E-state index contributed by atoms with van der Waals surface area (Å²) in [7, 11) is 0. The van der Waals surface area contributed by atoms with E-state index in [-0.39, 0.29) is 0 Å². The van der Waals surface area contributed by atoms with Crippen LogP contribution in [0.15, 0.2) is 141 Å². The monoisotopic (exact) mass is 405 g/mol. The molecule has 0 heterocycles. The number of nitrogens with zero attached hydrogens (tertiary/aromatic N) is 7. The molecule has 0 fully saturated rings. The summed E-state index contributed by atoms with van der Waals surface area (Å²) in [5.74, 6) is 0. The molecule has 0 N–H and O–H groups in total. The molecule has 0 spiro atoms. The Morgan fingerprint density at radius 2 is 0.774 bits per heavy atom. The van der Waals surface area contributed by atoms with E-state index in [2.05, 4.69) is 30.5 Å². The molecule has 0 radical (unpaired) electrons. The first-order valence-electron chi connectivity index (χ1n) is 9.48. The number of hydrogen-bond acceptors (Lipinski definition) is 5. The molecule has 0 atom stereocenters. The third-order valence-electron chi connectivity index (χ3n) is 3.86. The molecule has 150 valence electrons. The van der Waals surface area contributed by atoms with Gasteiger partial charge in [0.15, 0.2) is 0 Å². The fourth-order valence-electron chi connectivity index (χ4n) is 2.39. The minimum atomic E-state index is 0.467. The molecule has 0 amide bonds. The molecule has 0 saturated heterocycles. The molecule has 4 aromatic carbocycles. The smallest absolute Gasteiger partial charge is 0.0952 e. The molecular formula is C24H19N7. The van der Waals surface area contributed by atoms with Crippen molar-refractivity contribution >= 4 is 28.4 Å². The number of azo groups is 2. The van der Waals surface area contributed by atoms with E-state index in [1.807, 2.05) is 97.1 Å². The molecule has 0 saturated carbocycles. The van der Waals surface area contributed by atoms with Crippen molar-refractivity contribution < 1.29 is 0 Å². The predicted octanol–water partition coefficient (Wildman–Crippen LogP) is 9.15. The third kappa shape index (κ3) is 7.38. The third-order valence-corrected chi connectivity index (χ3v) is 3.86. The fraction of sp³-hybridized carbons (Fsp3) is 0. The Hall–Kier alpha value is -4.61. The minimum absolute atomic E-state index is 0.467. The zero-order chi connectivity index (χ0) is 21.6. The van der Waals surface area contributed by atoms with Crippen molar-refractivity contribution in [2.24, 2.45) is 25.6 Å². The molecule has 0 aliphatic rings. The summed E-state index contributed by atoms with van der Waals surface area (Å²) < 4.78 is 0. The topological polar surface area (TPSA) is 98.2 Å². The summed E-state index contributed by atoms with van der Waals surface area (Å²) in [6.45, 7) is 0. The van der Waals surface area contributed by atoms with E-state index in [1.165, 1.54) is 0 Å². The lowest BCUT2D eigenvalue weighted by Gasteiger charge is -1.96. The van der Waals surface area contributed by atoms with Gasteiger partial charge < -0.3 is 0 Å². The number of hydrogen-bond donors (Lipinski definition) is 0. The van der Waals surface area contributed by atoms with E-state index in [4.69, 9.17) is 5.53 Å². The molecule has 0 unspecified atom stereocenters. The van der Waals surface area contributed by atoms with E-state index in [0.29, 0.717) is 11.4 Å². The van der Waals surface area contributed by atoms with E-state index in [1.54, 1.807) is 18.2 Å². The first-order chi connectivity index (χ1) is 15.3.